The standard InChI is InChI=1S/C11H11BrN2O3/c12-8-2-1-3-9(6-8)17-7-10(15)14-5-4-13-11(14)16/h1-3,6H,4-5,7H2,(H,13,16). The average Bonchev–Trinajstić information content (AvgIpc) is 2.72. The zero-order valence-electron chi connectivity index (χ0n) is 8.98. The highest BCUT2D eigenvalue weighted by Crippen LogP contribution is 2.17. The van der Waals surface area contributed by atoms with Crippen LogP contribution in [0.15, 0.2) is 28.7 Å². The van der Waals surface area contributed by atoms with Crippen molar-refractivity contribution >= 4 is 27.9 Å². The maximum absolute atomic E-state index is 11.6. The van der Waals surface area contributed by atoms with Crippen LogP contribution in [0.1, 0.15) is 0 Å². The van der Waals surface area contributed by atoms with Crippen LogP contribution in [0.25, 0.3) is 0 Å². The molecule has 0 atom stereocenters. The van der Waals surface area contributed by atoms with Crippen molar-refractivity contribution < 1.29 is 14.3 Å². The summed E-state index contributed by atoms with van der Waals surface area (Å²) in [6, 6.07) is 6.84. The van der Waals surface area contributed by atoms with Gasteiger partial charge in [-0.2, -0.15) is 0 Å². The van der Waals surface area contributed by atoms with Crippen LogP contribution in [-0.2, 0) is 4.79 Å². The van der Waals surface area contributed by atoms with Crippen molar-refractivity contribution in [1.82, 2.24) is 10.2 Å². The van der Waals surface area contributed by atoms with Gasteiger partial charge in [0.1, 0.15) is 5.75 Å². The number of carbonyl (C=O) groups excluding carboxylic acids is 2. The molecule has 17 heavy (non-hydrogen) atoms. The third-order valence-electron chi connectivity index (χ3n) is 2.32. The zero-order chi connectivity index (χ0) is 12.3. The molecule has 3 amide bonds. The summed E-state index contributed by atoms with van der Waals surface area (Å²) < 4.78 is 6.18. The van der Waals surface area contributed by atoms with Gasteiger partial charge in [0.2, 0.25) is 0 Å². The number of carbonyl (C=O) groups is 2. The number of urea groups is 1. The van der Waals surface area contributed by atoms with Crippen molar-refractivity contribution in [2.24, 2.45) is 0 Å². The molecular weight excluding hydrogens is 288 g/mol. The van der Waals surface area contributed by atoms with E-state index in [4.69, 9.17) is 4.74 Å². The van der Waals surface area contributed by atoms with Crippen molar-refractivity contribution in [2.45, 2.75) is 0 Å². The Kier molecular flexibility index (Phi) is 3.63. The Labute approximate surface area is 107 Å². The van der Waals surface area contributed by atoms with Crippen LogP contribution >= 0.6 is 15.9 Å². The minimum Gasteiger partial charge on any atom is -0.484 e. The number of hydrogen-bond acceptors (Lipinski definition) is 3. The maximum atomic E-state index is 11.6. The van der Waals surface area contributed by atoms with Crippen molar-refractivity contribution in [1.29, 1.82) is 0 Å². The van der Waals surface area contributed by atoms with E-state index in [1.54, 1.807) is 12.1 Å². The van der Waals surface area contributed by atoms with E-state index in [0.717, 1.165) is 9.37 Å². The molecule has 0 bridgehead atoms. The SMILES string of the molecule is O=C(COc1cccc(Br)c1)N1CCNC1=O. The predicted octanol–water partition coefficient (Wildman–Crippen LogP) is 1.38. The van der Waals surface area contributed by atoms with Gasteiger partial charge in [-0.1, -0.05) is 22.0 Å². The lowest BCUT2D eigenvalue weighted by Crippen LogP contribution is -2.37. The summed E-state index contributed by atoms with van der Waals surface area (Å²) >= 11 is 3.31. The number of hydrogen-bond donors (Lipinski definition) is 1. The molecule has 1 aliphatic heterocycles. The van der Waals surface area contributed by atoms with Crippen LogP contribution in [0.4, 0.5) is 4.79 Å². The van der Waals surface area contributed by atoms with Gasteiger partial charge in [-0.05, 0) is 18.2 Å². The van der Waals surface area contributed by atoms with E-state index in [1.165, 1.54) is 0 Å². The Morgan fingerprint density at radius 2 is 2.35 bits per heavy atom. The Morgan fingerprint density at radius 3 is 3.00 bits per heavy atom. The molecule has 6 heteroatoms. The van der Waals surface area contributed by atoms with Crippen molar-refractivity contribution in [3.05, 3.63) is 28.7 Å². The molecule has 0 saturated carbocycles. The second-order valence-electron chi connectivity index (χ2n) is 3.52. The predicted molar refractivity (Wildman–Crippen MR) is 64.7 cm³/mol. The van der Waals surface area contributed by atoms with Crippen molar-refractivity contribution in [2.75, 3.05) is 19.7 Å². The van der Waals surface area contributed by atoms with Crippen LogP contribution in [0.5, 0.6) is 5.75 Å². The zero-order valence-corrected chi connectivity index (χ0v) is 10.6. The third kappa shape index (κ3) is 2.97. The summed E-state index contributed by atoms with van der Waals surface area (Å²) in [6.07, 6.45) is 0. The number of benzene rings is 1. The molecule has 0 radical (unpaired) electrons. The summed E-state index contributed by atoms with van der Waals surface area (Å²) in [5, 5.41) is 2.56. The van der Waals surface area contributed by atoms with Crippen LogP contribution in [0, 0.1) is 0 Å². The normalized spacial score (nSPS) is 14.6. The first kappa shape index (κ1) is 11.9. The Morgan fingerprint density at radius 1 is 1.53 bits per heavy atom. The van der Waals surface area contributed by atoms with Gasteiger partial charge in [0, 0.05) is 17.6 Å². The number of nitrogens with zero attached hydrogens (tertiary/aromatic N) is 1. The van der Waals surface area contributed by atoms with E-state index in [0.29, 0.717) is 18.8 Å². The van der Waals surface area contributed by atoms with Gasteiger partial charge in [-0.25, -0.2) is 4.79 Å². The molecule has 0 unspecified atom stereocenters. The molecule has 5 nitrogen and oxygen atoms in total. The van der Waals surface area contributed by atoms with Crippen LogP contribution in [0.3, 0.4) is 0 Å². The molecule has 1 fully saturated rings. The molecule has 2 rings (SSSR count). The maximum Gasteiger partial charge on any atom is 0.324 e. The molecular formula is C11H11BrN2O3. The first-order chi connectivity index (χ1) is 8.16. The van der Waals surface area contributed by atoms with E-state index in [-0.39, 0.29) is 18.5 Å². The lowest BCUT2D eigenvalue weighted by atomic mass is 10.3. The number of imide groups is 1. The number of amides is 3. The van der Waals surface area contributed by atoms with Gasteiger partial charge in [-0.15, -0.1) is 0 Å². The van der Waals surface area contributed by atoms with Gasteiger partial charge in [0.25, 0.3) is 5.91 Å². The Balaban J connectivity index is 1.90. The van der Waals surface area contributed by atoms with Gasteiger partial charge >= 0.3 is 6.03 Å². The van der Waals surface area contributed by atoms with Crippen LogP contribution in [-0.4, -0.2) is 36.5 Å². The molecule has 1 aromatic carbocycles. The van der Waals surface area contributed by atoms with Gasteiger partial charge < -0.3 is 10.1 Å². The first-order valence-corrected chi connectivity index (χ1v) is 5.92. The summed E-state index contributed by atoms with van der Waals surface area (Å²) in [6.45, 7) is 0.769. The summed E-state index contributed by atoms with van der Waals surface area (Å²) in [5.41, 5.74) is 0. The highest BCUT2D eigenvalue weighted by Gasteiger charge is 2.26. The monoisotopic (exact) mass is 298 g/mol. The molecule has 0 spiro atoms. The molecule has 1 N–H and O–H groups in total. The molecule has 1 aromatic rings. The fourth-order valence-corrected chi connectivity index (χ4v) is 1.87. The van der Waals surface area contributed by atoms with Gasteiger partial charge in [-0.3, -0.25) is 9.69 Å². The van der Waals surface area contributed by atoms with Crippen molar-refractivity contribution in [3.63, 3.8) is 0 Å². The fraction of sp³-hybridized carbons (Fsp3) is 0.273. The number of halogens is 1. The highest BCUT2D eigenvalue weighted by atomic mass is 79.9. The second-order valence-corrected chi connectivity index (χ2v) is 4.44. The first-order valence-electron chi connectivity index (χ1n) is 5.13. The Bertz CT molecular complexity index is 450. The van der Waals surface area contributed by atoms with E-state index < -0.39 is 0 Å². The lowest BCUT2D eigenvalue weighted by Gasteiger charge is -2.12. The van der Waals surface area contributed by atoms with Gasteiger partial charge in [0.15, 0.2) is 6.61 Å². The second kappa shape index (κ2) is 5.18. The molecule has 1 aliphatic rings. The minimum absolute atomic E-state index is 0.135. The number of ether oxygens (including phenoxy) is 1. The molecule has 0 aliphatic carbocycles. The van der Waals surface area contributed by atoms with Crippen LogP contribution in [0.2, 0.25) is 0 Å². The smallest absolute Gasteiger partial charge is 0.324 e. The lowest BCUT2D eigenvalue weighted by molar-refractivity contribution is -0.129. The summed E-state index contributed by atoms with van der Waals surface area (Å²) in [4.78, 5) is 24.0. The van der Waals surface area contributed by atoms with Gasteiger partial charge in [0.05, 0.1) is 0 Å². The van der Waals surface area contributed by atoms with E-state index in [1.807, 2.05) is 12.1 Å². The highest BCUT2D eigenvalue weighted by molar-refractivity contribution is 9.10. The molecule has 1 saturated heterocycles. The largest absolute Gasteiger partial charge is 0.484 e. The van der Waals surface area contributed by atoms with E-state index in [9.17, 15) is 9.59 Å². The average molecular weight is 299 g/mol. The number of nitrogens with one attached hydrogen (secondary N) is 1. The molecule has 0 aromatic heterocycles. The minimum atomic E-state index is -0.354. The fourth-order valence-electron chi connectivity index (χ4n) is 1.49. The number of rotatable bonds is 3. The third-order valence-corrected chi connectivity index (χ3v) is 2.81. The summed E-state index contributed by atoms with van der Waals surface area (Å²) in [7, 11) is 0. The molecule has 90 valence electrons. The topological polar surface area (TPSA) is 58.6 Å². The summed E-state index contributed by atoms with van der Waals surface area (Å²) in [5.74, 6) is 0.257. The quantitative estimate of drug-likeness (QED) is 0.917. The Hall–Kier alpha value is -1.56. The van der Waals surface area contributed by atoms with Crippen molar-refractivity contribution in [3.8, 4) is 5.75 Å². The molecule has 1 heterocycles. The van der Waals surface area contributed by atoms with Crippen LogP contribution < -0.4 is 10.1 Å². The van der Waals surface area contributed by atoms with E-state index in [2.05, 4.69) is 21.2 Å². The van der Waals surface area contributed by atoms with E-state index >= 15 is 0 Å².